The molecular weight excluding hydrogens is 288 g/mol. The molecule has 2 saturated carbocycles. The fourth-order valence-electron chi connectivity index (χ4n) is 5.48. The summed E-state index contributed by atoms with van der Waals surface area (Å²) in [5.41, 5.74) is 2.02. The molecule has 3 heteroatoms. The number of hydrogen-bond donors (Lipinski definition) is 1. The number of carboxylic acid groups (broad SMARTS) is 1. The molecule has 0 unspecified atom stereocenters. The van der Waals surface area contributed by atoms with E-state index in [1.165, 1.54) is 11.1 Å². The average molecular weight is 316 g/mol. The van der Waals surface area contributed by atoms with Gasteiger partial charge in [0.25, 0.3) is 0 Å². The highest BCUT2D eigenvalue weighted by atomic mass is 16.4. The Morgan fingerprint density at radius 1 is 1.43 bits per heavy atom. The van der Waals surface area contributed by atoms with Gasteiger partial charge in [0.05, 0.1) is 17.9 Å². The van der Waals surface area contributed by atoms with Gasteiger partial charge in [-0.1, -0.05) is 25.5 Å². The molecule has 1 N–H and O–H groups in total. The van der Waals surface area contributed by atoms with Gasteiger partial charge in [-0.25, -0.2) is 0 Å². The quantitative estimate of drug-likeness (QED) is 0.788. The van der Waals surface area contributed by atoms with E-state index in [1.54, 1.807) is 6.26 Å². The molecule has 23 heavy (non-hydrogen) atoms. The second-order valence-corrected chi connectivity index (χ2v) is 8.05. The number of hydrogen-bond acceptors (Lipinski definition) is 2. The molecule has 2 aliphatic carbocycles. The number of allylic oxidation sites excluding steroid dienone is 1. The fourth-order valence-corrected chi connectivity index (χ4v) is 5.48. The van der Waals surface area contributed by atoms with E-state index in [-0.39, 0.29) is 11.3 Å². The number of aryl methyl sites for hydroxylation is 1. The molecular formula is C20H28O3. The molecule has 1 heterocycles. The van der Waals surface area contributed by atoms with Crippen molar-refractivity contribution in [1.29, 1.82) is 0 Å². The molecule has 4 atom stereocenters. The normalized spacial score (nSPS) is 37.4. The van der Waals surface area contributed by atoms with Crippen molar-refractivity contribution in [3.8, 4) is 0 Å². The summed E-state index contributed by atoms with van der Waals surface area (Å²) in [6, 6.07) is 2.02. The highest BCUT2D eigenvalue weighted by molar-refractivity contribution is 5.75. The van der Waals surface area contributed by atoms with Crippen LogP contribution in [0.4, 0.5) is 0 Å². The zero-order chi connectivity index (χ0) is 16.7. The number of carboxylic acids is 1. The SMILES string of the molecule is C=C1CC[C@H]2[C@@](C)(CCC[C@]2(C)C(=O)O)[C@H]1CCc1ccoc1. The van der Waals surface area contributed by atoms with Gasteiger partial charge >= 0.3 is 5.97 Å². The second kappa shape index (κ2) is 5.85. The third-order valence-corrected chi connectivity index (χ3v) is 6.81. The maximum Gasteiger partial charge on any atom is 0.309 e. The molecule has 1 aromatic rings. The standard InChI is InChI=1S/C20H28O3/c1-14-5-8-17-19(2,10-4-11-20(17,3)18(21)22)16(14)7-6-15-9-12-23-13-15/h9,12-13,16-17H,1,4-8,10-11H2,2-3H3,(H,21,22)/t16-,17-,19-,20-/m0/s1. The van der Waals surface area contributed by atoms with Crippen molar-refractivity contribution in [2.24, 2.45) is 22.7 Å². The van der Waals surface area contributed by atoms with Crippen molar-refractivity contribution >= 4 is 5.97 Å². The van der Waals surface area contributed by atoms with Crippen LogP contribution < -0.4 is 0 Å². The molecule has 0 aliphatic heterocycles. The van der Waals surface area contributed by atoms with E-state index in [1.807, 2.05) is 19.3 Å². The van der Waals surface area contributed by atoms with Crippen molar-refractivity contribution in [1.82, 2.24) is 0 Å². The first-order valence-corrected chi connectivity index (χ1v) is 8.80. The number of carbonyl (C=O) groups is 1. The molecule has 2 aliphatic rings. The minimum atomic E-state index is -0.616. The molecule has 0 radical (unpaired) electrons. The van der Waals surface area contributed by atoms with E-state index in [0.717, 1.165) is 44.9 Å². The molecule has 0 saturated heterocycles. The number of fused-ring (bicyclic) bond motifs is 1. The summed E-state index contributed by atoms with van der Waals surface area (Å²) in [6.45, 7) is 8.65. The first kappa shape index (κ1) is 16.4. The molecule has 0 spiro atoms. The minimum Gasteiger partial charge on any atom is -0.481 e. The van der Waals surface area contributed by atoms with Crippen LogP contribution in [0.2, 0.25) is 0 Å². The van der Waals surface area contributed by atoms with E-state index in [2.05, 4.69) is 13.5 Å². The van der Waals surface area contributed by atoms with Crippen molar-refractivity contribution < 1.29 is 14.3 Å². The van der Waals surface area contributed by atoms with Gasteiger partial charge in [0.2, 0.25) is 0 Å². The van der Waals surface area contributed by atoms with Crippen LogP contribution in [0.1, 0.15) is 57.9 Å². The van der Waals surface area contributed by atoms with Gasteiger partial charge in [0.15, 0.2) is 0 Å². The maximum absolute atomic E-state index is 12.0. The summed E-state index contributed by atoms with van der Waals surface area (Å²) in [4.78, 5) is 12.0. The Labute approximate surface area is 138 Å². The van der Waals surface area contributed by atoms with Gasteiger partial charge in [0, 0.05) is 0 Å². The summed E-state index contributed by atoms with van der Waals surface area (Å²) in [7, 11) is 0. The van der Waals surface area contributed by atoms with E-state index >= 15 is 0 Å². The summed E-state index contributed by atoms with van der Waals surface area (Å²) in [6.07, 6.45) is 10.4. The minimum absolute atomic E-state index is 0.0600. The average Bonchev–Trinajstić information content (AvgIpc) is 2.99. The Morgan fingerprint density at radius 2 is 2.22 bits per heavy atom. The molecule has 2 fully saturated rings. The first-order chi connectivity index (χ1) is 10.9. The lowest BCUT2D eigenvalue weighted by molar-refractivity contribution is -0.164. The molecule has 3 rings (SSSR count). The lowest BCUT2D eigenvalue weighted by Crippen LogP contribution is -2.53. The molecule has 0 aromatic carbocycles. The Morgan fingerprint density at radius 3 is 2.87 bits per heavy atom. The summed E-state index contributed by atoms with van der Waals surface area (Å²) < 4.78 is 5.18. The number of rotatable bonds is 4. The van der Waals surface area contributed by atoms with E-state index in [9.17, 15) is 9.90 Å². The van der Waals surface area contributed by atoms with Gasteiger partial charge < -0.3 is 9.52 Å². The van der Waals surface area contributed by atoms with Gasteiger partial charge in [0.1, 0.15) is 0 Å². The third-order valence-electron chi connectivity index (χ3n) is 6.81. The molecule has 126 valence electrons. The predicted molar refractivity (Wildman–Crippen MR) is 90.1 cm³/mol. The van der Waals surface area contributed by atoms with Crippen LogP contribution in [0.15, 0.2) is 35.2 Å². The lowest BCUT2D eigenvalue weighted by atomic mass is 9.46. The van der Waals surface area contributed by atoms with Crippen molar-refractivity contribution in [2.45, 2.75) is 58.8 Å². The second-order valence-electron chi connectivity index (χ2n) is 8.05. The largest absolute Gasteiger partial charge is 0.481 e. The first-order valence-electron chi connectivity index (χ1n) is 8.80. The van der Waals surface area contributed by atoms with Crippen molar-refractivity contribution in [3.05, 3.63) is 36.3 Å². The van der Waals surface area contributed by atoms with Crippen LogP contribution in [0, 0.1) is 22.7 Å². The van der Waals surface area contributed by atoms with Crippen molar-refractivity contribution in [2.75, 3.05) is 0 Å². The highest BCUT2D eigenvalue weighted by Gasteiger charge is 2.57. The molecule has 1 aromatic heterocycles. The van der Waals surface area contributed by atoms with Crippen LogP contribution in [0.5, 0.6) is 0 Å². The molecule has 0 amide bonds. The van der Waals surface area contributed by atoms with Gasteiger partial charge in [-0.2, -0.15) is 0 Å². The van der Waals surface area contributed by atoms with Crippen LogP contribution in [-0.2, 0) is 11.2 Å². The third kappa shape index (κ3) is 2.64. The Bertz CT molecular complexity index is 588. The number of furan rings is 1. The monoisotopic (exact) mass is 316 g/mol. The van der Waals surface area contributed by atoms with Crippen LogP contribution in [0.25, 0.3) is 0 Å². The topological polar surface area (TPSA) is 50.4 Å². The number of aliphatic carboxylic acids is 1. The zero-order valence-electron chi connectivity index (χ0n) is 14.3. The lowest BCUT2D eigenvalue weighted by Gasteiger charge is -2.57. The smallest absolute Gasteiger partial charge is 0.309 e. The Kier molecular flexibility index (Phi) is 4.16. The summed E-state index contributed by atoms with van der Waals surface area (Å²) in [5.74, 6) is 0.0470. The fraction of sp³-hybridized carbons (Fsp3) is 0.650. The van der Waals surface area contributed by atoms with E-state index in [0.29, 0.717) is 5.92 Å². The summed E-state index contributed by atoms with van der Waals surface area (Å²) in [5, 5.41) is 9.85. The Balaban J connectivity index is 1.86. The molecule has 0 bridgehead atoms. The predicted octanol–water partition coefficient (Wildman–Crippen LogP) is 5.08. The molecule has 3 nitrogen and oxygen atoms in total. The van der Waals surface area contributed by atoms with Gasteiger partial charge in [-0.15, -0.1) is 0 Å². The van der Waals surface area contributed by atoms with E-state index in [4.69, 9.17) is 4.42 Å². The van der Waals surface area contributed by atoms with Gasteiger partial charge in [-0.05, 0) is 74.3 Å². The highest BCUT2D eigenvalue weighted by Crippen LogP contribution is 2.61. The maximum atomic E-state index is 12.0. The van der Waals surface area contributed by atoms with Crippen molar-refractivity contribution in [3.63, 3.8) is 0 Å². The van der Waals surface area contributed by atoms with E-state index < -0.39 is 11.4 Å². The summed E-state index contributed by atoms with van der Waals surface area (Å²) >= 11 is 0. The Hall–Kier alpha value is -1.51. The van der Waals surface area contributed by atoms with Gasteiger partial charge in [-0.3, -0.25) is 4.79 Å². The van der Waals surface area contributed by atoms with Crippen LogP contribution >= 0.6 is 0 Å². The van der Waals surface area contributed by atoms with Crippen LogP contribution in [0.3, 0.4) is 0 Å². The zero-order valence-corrected chi connectivity index (χ0v) is 14.3. The van der Waals surface area contributed by atoms with Crippen LogP contribution in [-0.4, -0.2) is 11.1 Å².